The Morgan fingerprint density at radius 1 is 1.43 bits per heavy atom. The summed E-state index contributed by atoms with van der Waals surface area (Å²) in [4.78, 5) is 14.8. The van der Waals surface area contributed by atoms with Crippen LogP contribution in [0.3, 0.4) is 0 Å². The van der Waals surface area contributed by atoms with E-state index in [1.165, 1.54) is 30.6 Å². The maximum atomic E-state index is 11.6. The van der Waals surface area contributed by atoms with Crippen LogP contribution in [-0.4, -0.2) is 40.3 Å². The molecule has 2 heterocycles. The van der Waals surface area contributed by atoms with Crippen LogP contribution in [0.4, 0.5) is 0 Å². The van der Waals surface area contributed by atoms with Crippen LogP contribution in [0.2, 0.25) is 0 Å². The lowest BCUT2D eigenvalue weighted by atomic mass is 9.96. The van der Waals surface area contributed by atoms with Gasteiger partial charge in [0, 0.05) is 18.0 Å². The van der Waals surface area contributed by atoms with Crippen LogP contribution in [0.1, 0.15) is 48.6 Å². The van der Waals surface area contributed by atoms with Gasteiger partial charge in [-0.2, -0.15) is 0 Å². The number of aliphatic carboxylic acids is 1. The summed E-state index contributed by atoms with van der Waals surface area (Å²) in [5.41, 5.74) is 0.923. The molecule has 0 bridgehead atoms. The Kier molecular flexibility index (Phi) is 4.62. The summed E-state index contributed by atoms with van der Waals surface area (Å²) in [5, 5.41) is 21.9. The van der Waals surface area contributed by atoms with E-state index in [1.807, 2.05) is 16.3 Å². The lowest BCUT2D eigenvalue weighted by Crippen LogP contribution is -2.43. The molecule has 1 aromatic heterocycles. The van der Waals surface area contributed by atoms with Gasteiger partial charge in [-0.05, 0) is 35.8 Å². The molecule has 0 saturated heterocycles. The van der Waals surface area contributed by atoms with E-state index in [-0.39, 0.29) is 0 Å². The molecule has 2 aliphatic rings. The van der Waals surface area contributed by atoms with Gasteiger partial charge in [0.05, 0.1) is 6.10 Å². The third-order valence-electron chi connectivity index (χ3n) is 4.83. The Morgan fingerprint density at radius 2 is 2.19 bits per heavy atom. The Bertz CT molecular complexity index is 495. The van der Waals surface area contributed by atoms with E-state index >= 15 is 0 Å². The second kappa shape index (κ2) is 6.46. The second-order valence-corrected chi connectivity index (χ2v) is 7.33. The number of fused-ring (bicyclic) bond motifs is 1. The highest BCUT2D eigenvalue weighted by Gasteiger charge is 2.34. The van der Waals surface area contributed by atoms with Crippen molar-refractivity contribution < 1.29 is 15.0 Å². The van der Waals surface area contributed by atoms with Crippen LogP contribution in [0, 0.1) is 5.92 Å². The smallest absolute Gasteiger partial charge is 0.325 e. The molecule has 2 unspecified atom stereocenters. The van der Waals surface area contributed by atoms with Crippen molar-refractivity contribution in [1.82, 2.24) is 4.90 Å². The van der Waals surface area contributed by atoms with Crippen molar-refractivity contribution in [3.05, 3.63) is 21.9 Å². The van der Waals surface area contributed by atoms with Crippen molar-refractivity contribution >= 4 is 17.3 Å². The van der Waals surface area contributed by atoms with Gasteiger partial charge >= 0.3 is 5.97 Å². The SMILES string of the molecule is O=C(O)C1c2ccsc2CCN1CC(O)CC1CCCC1. The largest absolute Gasteiger partial charge is 0.480 e. The standard InChI is InChI=1S/C16H23NO3S/c18-12(9-11-3-1-2-4-11)10-17-7-5-14-13(6-8-21-14)15(17)16(19)20/h6,8,11-12,15,18H,1-5,7,9-10H2,(H,19,20). The normalized spacial score (nSPS) is 24.9. The Hall–Kier alpha value is -0.910. The van der Waals surface area contributed by atoms with Gasteiger partial charge in [0.15, 0.2) is 0 Å². The predicted octanol–water partition coefficient (Wildman–Crippen LogP) is 2.67. The maximum absolute atomic E-state index is 11.6. The molecule has 21 heavy (non-hydrogen) atoms. The molecule has 0 aromatic carbocycles. The minimum atomic E-state index is -0.803. The molecule has 2 atom stereocenters. The van der Waals surface area contributed by atoms with E-state index in [4.69, 9.17) is 0 Å². The van der Waals surface area contributed by atoms with Crippen molar-refractivity contribution in [2.45, 2.75) is 50.7 Å². The van der Waals surface area contributed by atoms with Crippen LogP contribution in [0.15, 0.2) is 11.4 Å². The zero-order chi connectivity index (χ0) is 14.8. The molecule has 3 rings (SSSR count). The highest BCUT2D eigenvalue weighted by atomic mass is 32.1. The predicted molar refractivity (Wildman–Crippen MR) is 82.6 cm³/mol. The van der Waals surface area contributed by atoms with Gasteiger partial charge in [0.2, 0.25) is 0 Å². The van der Waals surface area contributed by atoms with Gasteiger partial charge < -0.3 is 10.2 Å². The van der Waals surface area contributed by atoms with Gasteiger partial charge in [0.25, 0.3) is 0 Å². The van der Waals surface area contributed by atoms with Crippen molar-refractivity contribution in [1.29, 1.82) is 0 Å². The van der Waals surface area contributed by atoms with Crippen LogP contribution in [-0.2, 0) is 11.2 Å². The summed E-state index contributed by atoms with van der Waals surface area (Å²) in [5.74, 6) is -0.174. The monoisotopic (exact) mass is 309 g/mol. The summed E-state index contributed by atoms with van der Waals surface area (Å²) in [6.45, 7) is 1.20. The summed E-state index contributed by atoms with van der Waals surface area (Å²) in [6, 6.07) is 1.34. The van der Waals surface area contributed by atoms with Crippen LogP contribution in [0.25, 0.3) is 0 Å². The van der Waals surface area contributed by atoms with Crippen LogP contribution < -0.4 is 0 Å². The summed E-state index contributed by atoms with van der Waals surface area (Å²) in [6.07, 6.45) is 6.29. The number of aliphatic hydroxyl groups is 1. The van der Waals surface area contributed by atoms with E-state index in [2.05, 4.69) is 0 Å². The average molecular weight is 309 g/mol. The zero-order valence-corrected chi connectivity index (χ0v) is 13.0. The first kappa shape index (κ1) is 15.0. The third-order valence-corrected chi connectivity index (χ3v) is 5.82. The van der Waals surface area contributed by atoms with Crippen molar-refractivity contribution in [3.63, 3.8) is 0 Å². The lowest BCUT2D eigenvalue weighted by Gasteiger charge is -2.34. The number of nitrogens with zero attached hydrogens (tertiary/aromatic N) is 1. The van der Waals surface area contributed by atoms with Crippen LogP contribution >= 0.6 is 11.3 Å². The van der Waals surface area contributed by atoms with E-state index in [0.717, 1.165) is 24.9 Å². The molecule has 1 saturated carbocycles. The Labute approximate surface area is 129 Å². The number of β-amino-alcohol motifs (C(OH)–C–C–N with tert-alkyl or cyclic N) is 1. The number of carboxylic acids is 1. The van der Waals surface area contributed by atoms with Gasteiger partial charge in [-0.25, -0.2) is 0 Å². The number of rotatable bonds is 5. The number of carbonyl (C=O) groups is 1. The Morgan fingerprint density at radius 3 is 2.90 bits per heavy atom. The van der Waals surface area contributed by atoms with E-state index in [1.54, 1.807) is 11.3 Å². The van der Waals surface area contributed by atoms with E-state index < -0.39 is 18.1 Å². The molecule has 5 heteroatoms. The molecular formula is C16H23NO3S. The quantitative estimate of drug-likeness (QED) is 0.878. The summed E-state index contributed by atoms with van der Waals surface area (Å²) in [7, 11) is 0. The number of aliphatic hydroxyl groups excluding tert-OH is 1. The topological polar surface area (TPSA) is 60.8 Å². The number of hydrogen-bond donors (Lipinski definition) is 2. The first-order chi connectivity index (χ1) is 10.1. The Balaban J connectivity index is 1.65. The first-order valence-corrected chi connectivity index (χ1v) is 8.74. The molecule has 0 amide bonds. The second-order valence-electron chi connectivity index (χ2n) is 6.32. The van der Waals surface area contributed by atoms with E-state index in [9.17, 15) is 15.0 Å². The van der Waals surface area contributed by atoms with Crippen molar-refractivity contribution in [2.75, 3.05) is 13.1 Å². The summed E-state index contributed by atoms with van der Waals surface area (Å²) < 4.78 is 0. The third kappa shape index (κ3) is 3.30. The fraction of sp³-hybridized carbons (Fsp3) is 0.688. The van der Waals surface area contributed by atoms with Crippen molar-refractivity contribution in [2.24, 2.45) is 5.92 Å². The molecule has 0 radical (unpaired) electrons. The molecular weight excluding hydrogens is 286 g/mol. The van der Waals surface area contributed by atoms with Gasteiger partial charge in [-0.1, -0.05) is 25.7 Å². The molecule has 1 aromatic rings. The molecule has 1 aliphatic heterocycles. The average Bonchev–Trinajstić information content (AvgIpc) is 3.08. The summed E-state index contributed by atoms with van der Waals surface area (Å²) >= 11 is 1.64. The highest BCUT2D eigenvalue weighted by Crippen LogP contribution is 2.34. The van der Waals surface area contributed by atoms with Crippen LogP contribution in [0.5, 0.6) is 0 Å². The number of hydrogen-bond acceptors (Lipinski definition) is 4. The van der Waals surface area contributed by atoms with Gasteiger partial charge in [0.1, 0.15) is 6.04 Å². The zero-order valence-electron chi connectivity index (χ0n) is 12.2. The number of thiophene rings is 1. The van der Waals surface area contributed by atoms with Crippen molar-refractivity contribution in [3.8, 4) is 0 Å². The van der Waals surface area contributed by atoms with E-state index in [0.29, 0.717) is 12.5 Å². The molecule has 0 spiro atoms. The minimum absolute atomic E-state index is 0.407. The maximum Gasteiger partial charge on any atom is 0.325 e. The molecule has 4 nitrogen and oxygen atoms in total. The first-order valence-electron chi connectivity index (χ1n) is 7.86. The highest BCUT2D eigenvalue weighted by molar-refractivity contribution is 7.10. The van der Waals surface area contributed by atoms with Gasteiger partial charge in [-0.3, -0.25) is 9.69 Å². The fourth-order valence-electron chi connectivity index (χ4n) is 3.83. The molecule has 1 aliphatic carbocycles. The molecule has 116 valence electrons. The molecule has 1 fully saturated rings. The molecule has 2 N–H and O–H groups in total. The minimum Gasteiger partial charge on any atom is -0.480 e. The number of carboxylic acid groups (broad SMARTS) is 1. The fourth-order valence-corrected chi connectivity index (χ4v) is 4.73. The lowest BCUT2D eigenvalue weighted by molar-refractivity contribution is -0.144. The van der Waals surface area contributed by atoms with Gasteiger partial charge in [-0.15, -0.1) is 11.3 Å².